The molecule has 0 bridgehead atoms. The summed E-state index contributed by atoms with van der Waals surface area (Å²) in [6, 6.07) is 9.44. The summed E-state index contributed by atoms with van der Waals surface area (Å²) in [5.74, 6) is 1.95. The molecule has 17 heavy (non-hydrogen) atoms. The monoisotopic (exact) mass is 251 g/mol. The summed E-state index contributed by atoms with van der Waals surface area (Å²) in [7, 11) is 2.08. The summed E-state index contributed by atoms with van der Waals surface area (Å²) in [6.07, 6.45) is 2.52. The second-order valence-electron chi connectivity index (χ2n) is 4.60. The molecule has 1 aromatic carbocycles. The number of aryl methyl sites for hydroxylation is 1. The second-order valence-corrected chi connectivity index (χ2v) is 5.69. The van der Waals surface area contributed by atoms with E-state index in [0.29, 0.717) is 6.04 Å². The van der Waals surface area contributed by atoms with Crippen LogP contribution >= 0.6 is 11.8 Å². The van der Waals surface area contributed by atoms with Crippen molar-refractivity contribution in [1.82, 2.24) is 5.32 Å². The summed E-state index contributed by atoms with van der Waals surface area (Å²) >= 11 is 1.96. The lowest BCUT2D eigenvalue weighted by molar-refractivity contribution is 0.378. The Morgan fingerprint density at radius 2 is 1.71 bits per heavy atom. The van der Waals surface area contributed by atoms with Gasteiger partial charge >= 0.3 is 0 Å². The van der Waals surface area contributed by atoms with Crippen LogP contribution in [0.4, 0.5) is 0 Å². The first-order valence-electron chi connectivity index (χ1n) is 6.58. The molecule has 0 aliphatic heterocycles. The minimum Gasteiger partial charge on any atom is -0.316 e. The van der Waals surface area contributed by atoms with Crippen LogP contribution in [0.3, 0.4) is 0 Å². The van der Waals surface area contributed by atoms with Gasteiger partial charge in [-0.15, -0.1) is 11.8 Å². The van der Waals surface area contributed by atoms with Gasteiger partial charge in [-0.25, -0.2) is 0 Å². The van der Waals surface area contributed by atoms with Gasteiger partial charge in [0.2, 0.25) is 0 Å². The van der Waals surface area contributed by atoms with Crippen LogP contribution in [0.25, 0.3) is 0 Å². The lowest BCUT2D eigenvalue weighted by Gasteiger charge is -2.24. The van der Waals surface area contributed by atoms with Crippen molar-refractivity contribution >= 4 is 11.8 Å². The molecule has 0 saturated heterocycles. The minimum atomic E-state index is 0.622. The van der Waals surface area contributed by atoms with E-state index in [0.717, 1.165) is 11.7 Å². The van der Waals surface area contributed by atoms with Gasteiger partial charge in [-0.3, -0.25) is 0 Å². The molecule has 0 aromatic heterocycles. The van der Waals surface area contributed by atoms with Crippen molar-refractivity contribution in [3.8, 4) is 0 Å². The molecule has 96 valence electrons. The van der Waals surface area contributed by atoms with Crippen molar-refractivity contribution in [3.63, 3.8) is 0 Å². The van der Waals surface area contributed by atoms with Crippen molar-refractivity contribution in [1.29, 1.82) is 0 Å². The van der Waals surface area contributed by atoms with Gasteiger partial charge in [0.05, 0.1) is 0 Å². The van der Waals surface area contributed by atoms with Crippen LogP contribution < -0.4 is 5.32 Å². The molecule has 1 unspecified atom stereocenters. The quantitative estimate of drug-likeness (QED) is 0.732. The van der Waals surface area contributed by atoms with E-state index in [1.807, 2.05) is 11.8 Å². The fourth-order valence-corrected chi connectivity index (χ4v) is 3.27. The van der Waals surface area contributed by atoms with Crippen LogP contribution in [0.1, 0.15) is 32.3 Å². The average molecular weight is 251 g/mol. The van der Waals surface area contributed by atoms with Gasteiger partial charge in [0.1, 0.15) is 0 Å². The van der Waals surface area contributed by atoms with E-state index < -0.39 is 0 Å². The van der Waals surface area contributed by atoms with Crippen molar-refractivity contribution in [2.75, 3.05) is 12.8 Å². The van der Waals surface area contributed by atoms with Gasteiger partial charge < -0.3 is 5.32 Å². The summed E-state index contributed by atoms with van der Waals surface area (Å²) in [6.45, 7) is 6.71. The SMILES string of the molecule is CCC(CC)C(CSc1ccc(C)cc1)NC. The van der Waals surface area contributed by atoms with Crippen LogP contribution in [0.2, 0.25) is 0 Å². The molecular formula is C15H25NS. The van der Waals surface area contributed by atoms with Crippen LogP contribution in [-0.4, -0.2) is 18.8 Å². The van der Waals surface area contributed by atoms with E-state index in [9.17, 15) is 0 Å². The van der Waals surface area contributed by atoms with Gasteiger partial charge in [-0.05, 0) is 32.0 Å². The zero-order valence-corrected chi connectivity index (χ0v) is 12.3. The molecule has 1 atom stereocenters. The molecule has 0 heterocycles. The molecule has 0 radical (unpaired) electrons. The molecule has 1 rings (SSSR count). The fraction of sp³-hybridized carbons (Fsp3) is 0.600. The van der Waals surface area contributed by atoms with E-state index in [1.54, 1.807) is 0 Å². The minimum absolute atomic E-state index is 0.622. The van der Waals surface area contributed by atoms with E-state index in [4.69, 9.17) is 0 Å². The molecule has 1 nitrogen and oxygen atoms in total. The molecule has 0 saturated carbocycles. The second kappa shape index (κ2) is 7.78. The van der Waals surface area contributed by atoms with Crippen LogP contribution in [0, 0.1) is 12.8 Å². The largest absolute Gasteiger partial charge is 0.316 e. The Bertz CT molecular complexity index is 303. The summed E-state index contributed by atoms with van der Waals surface area (Å²) in [4.78, 5) is 1.38. The highest BCUT2D eigenvalue weighted by atomic mass is 32.2. The first-order chi connectivity index (χ1) is 8.21. The van der Waals surface area contributed by atoms with Crippen LogP contribution in [0.5, 0.6) is 0 Å². The molecule has 0 amide bonds. The Kier molecular flexibility index (Phi) is 6.68. The lowest BCUT2D eigenvalue weighted by atomic mass is 9.96. The smallest absolute Gasteiger partial charge is 0.0186 e. The van der Waals surface area contributed by atoms with Crippen molar-refractivity contribution < 1.29 is 0 Å². The van der Waals surface area contributed by atoms with E-state index >= 15 is 0 Å². The standard InChI is InChI=1S/C15H25NS/c1-5-13(6-2)15(16-4)11-17-14-9-7-12(3)8-10-14/h7-10,13,15-16H,5-6,11H2,1-4H3. The van der Waals surface area contributed by atoms with E-state index in [1.165, 1.54) is 23.3 Å². The Morgan fingerprint density at radius 1 is 1.12 bits per heavy atom. The number of hydrogen-bond donors (Lipinski definition) is 1. The maximum atomic E-state index is 3.46. The normalized spacial score (nSPS) is 13.0. The number of hydrogen-bond acceptors (Lipinski definition) is 2. The predicted octanol–water partition coefficient (Wildman–Crippen LogP) is 4.11. The molecular weight excluding hydrogens is 226 g/mol. The Morgan fingerprint density at radius 3 is 2.18 bits per heavy atom. The van der Waals surface area contributed by atoms with Gasteiger partial charge in [0, 0.05) is 16.7 Å². The van der Waals surface area contributed by atoms with Gasteiger partial charge in [0.15, 0.2) is 0 Å². The third kappa shape index (κ3) is 4.72. The zero-order valence-electron chi connectivity index (χ0n) is 11.5. The maximum Gasteiger partial charge on any atom is 0.0186 e. The first kappa shape index (κ1) is 14.6. The molecule has 0 aliphatic carbocycles. The third-order valence-electron chi connectivity index (χ3n) is 3.44. The molecule has 0 fully saturated rings. The van der Waals surface area contributed by atoms with Crippen LogP contribution in [0.15, 0.2) is 29.2 Å². The highest BCUT2D eigenvalue weighted by molar-refractivity contribution is 7.99. The van der Waals surface area contributed by atoms with Gasteiger partial charge in [-0.2, -0.15) is 0 Å². The van der Waals surface area contributed by atoms with Crippen LogP contribution in [-0.2, 0) is 0 Å². The highest BCUT2D eigenvalue weighted by Gasteiger charge is 2.16. The lowest BCUT2D eigenvalue weighted by Crippen LogP contribution is -2.35. The summed E-state index contributed by atoms with van der Waals surface area (Å²) < 4.78 is 0. The molecule has 1 aromatic rings. The fourth-order valence-electron chi connectivity index (χ4n) is 2.13. The van der Waals surface area contributed by atoms with Crippen molar-refractivity contribution in [2.24, 2.45) is 5.92 Å². The first-order valence-corrected chi connectivity index (χ1v) is 7.56. The summed E-state index contributed by atoms with van der Waals surface area (Å²) in [5.41, 5.74) is 1.33. The van der Waals surface area contributed by atoms with E-state index in [2.05, 4.69) is 57.4 Å². The number of thioether (sulfide) groups is 1. The van der Waals surface area contributed by atoms with Gasteiger partial charge in [-0.1, -0.05) is 44.4 Å². The molecule has 0 spiro atoms. The summed E-state index contributed by atoms with van der Waals surface area (Å²) in [5, 5.41) is 3.46. The van der Waals surface area contributed by atoms with Crippen molar-refractivity contribution in [3.05, 3.63) is 29.8 Å². The molecule has 1 N–H and O–H groups in total. The Labute approximate surface area is 110 Å². The van der Waals surface area contributed by atoms with Gasteiger partial charge in [0.25, 0.3) is 0 Å². The topological polar surface area (TPSA) is 12.0 Å². The Hall–Kier alpha value is -0.470. The predicted molar refractivity (Wildman–Crippen MR) is 78.8 cm³/mol. The maximum absolute atomic E-state index is 3.46. The Balaban J connectivity index is 2.49. The zero-order chi connectivity index (χ0) is 12.7. The molecule has 2 heteroatoms. The van der Waals surface area contributed by atoms with E-state index in [-0.39, 0.29) is 0 Å². The number of nitrogens with one attached hydrogen (secondary N) is 1. The average Bonchev–Trinajstić information content (AvgIpc) is 2.36. The molecule has 0 aliphatic rings. The third-order valence-corrected chi connectivity index (χ3v) is 4.57. The highest BCUT2D eigenvalue weighted by Crippen LogP contribution is 2.23. The van der Waals surface area contributed by atoms with Crippen molar-refractivity contribution in [2.45, 2.75) is 44.6 Å². The number of benzene rings is 1. The number of rotatable bonds is 7.